The molecule has 2 aromatic rings. The van der Waals surface area contributed by atoms with E-state index in [9.17, 15) is 4.79 Å². The Hall–Kier alpha value is -1.78. The standard InChI is InChI=1S/C16H19ClN2O2/c1-3-19(4-2)11-12-7-5-6-8-14(12)18-16(20)13-9-10-21-15(13)17/h5-10H,3-4,11H2,1-2H3,(H,18,20). The van der Waals surface area contributed by atoms with E-state index in [0.29, 0.717) is 5.56 Å². The van der Waals surface area contributed by atoms with Gasteiger partial charge in [-0.1, -0.05) is 32.0 Å². The summed E-state index contributed by atoms with van der Waals surface area (Å²) in [6.07, 6.45) is 1.40. The second-order valence-electron chi connectivity index (χ2n) is 4.68. The topological polar surface area (TPSA) is 45.5 Å². The summed E-state index contributed by atoms with van der Waals surface area (Å²) in [7, 11) is 0. The highest BCUT2D eigenvalue weighted by molar-refractivity contribution is 6.32. The van der Waals surface area contributed by atoms with Gasteiger partial charge in [-0.15, -0.1) is 0 Å². The third kappa shape index (κ3) is 3.86. The van der Waals surface area contributed by atoms with E-state index in [1.807, 2.05) is 24.3 Å². The van der Waals surface area contributed by atoms with Gasteiger partial charge in [0.05, 0.1) is 11.8 Å². The summed E-state index contributed by atoms with van der Waals surface area (Å²) >= 11 is 5.83. The number of para-hydroxylation sites is 1. The molecule has 0 fully saturated rings. The summed E-state index contributed by atoms with van der Waals surface area (Å²) in [5.74, 6) is -0.263. The van der Waals surface area contributed by atoms with Gasteiger partial charge < -0.3 is 9.73 Å². The van der Waals surface area contributed by atoms with Crippen LogP contribution in [0.25, 0.3) is 0 Å². The number of nitrogens with one attached hydrogen (secondary N) is 1. The molecule has 1 aromatic carbocycles. The van der Waals surface area contributed by atoms with Crippen molar-refractivity contribution in [3.63, 3.8) is 0 Å². The van der Waals surface area contributed by atoms with Crippen LogP contribution >= 0.6 is 11.6 Å². The van der Waals surface area contributed by atoms with Crippen molar-refractivity contribution in [1.82, 2.24) is 4.90 Å². The van der Waals surface area contributed by atoms with Crippen molar-refractivity contribution in [2.75, 3.05) is 18.4 Å². The van der Waals surface area contributed by atoms with E-state index in [0.717, 1.165) is 30.9 Å². The van der Waals surface area contributed by atoms with Gasteiger partial charge in [0.2, 0.25) is 5.22 Å². The summed E-state index contributed by atoms with van der Waals surface area (Å²) in [5.41, 5.74) is 2.22. The first-order chi connectivity index (χ1) is 10.2. The number of furan rings is 1. The fourth-order valence-electron chi connectivity index (χ4n) is 2.11. The van der Waals surface area contributed by atoms with E-state index in [1.165, 1.54) is 6.26 Å². The lowest BCUT2D eigenvalue weighted by atomic mass is 10.1. The van der Waals surface area contributed by atoms with Crippen molar-refractivity contribution in [2.45, 2.75) is 20.4 Å². The van der Waals surface area contributed by atoms with E-state index in [1.54, 1.807) is 6.07 Å². The molecule has 21 heavy (non-hydrogen) atoms. The molecule has 0 unspecified atom stereocenters. The van der Waals surface area contributed by atoms with Crippen molar-refractivity contribution in [1.29, 1.82) is 0 Å². The normalized spacial score (nSPS) is 10.9. The molecule has 1 N–H and O–H groups in total. The first-order valence-corrected chi connectivity index (χ1v) is 7.38. The Bertz CT molecular complexity index is 606. The van der Waals surface area contributed by atoms with E-state index in [2.05, 4.69) is 24.1 Å². The zero-order chi connectivity index (χ0) is 15.2. The van der Waals surface area contributed by atoms with Crippen LogP contribution < -0.4 is 5.32 Å². The molecule has 0 aliphatic carbocycles. The van der Waals surface area contributed by atoms with Gasteiger partial charge in [0, 0.05) is 12.2 Å². The minimum absolute atomic E-state index is 0.105. The maximum absolute atomic E-state index is 12.2. The molecule has 1 heterocycles. The second-order valence-corrected chi connectivity index (χ2v) is 5.02. The van der Waals surface area contributed by atoms with Gasteiger partial charge in [0.1, 0.15) is 0 Å². The molecular formula is C16H19ClN2O2. The molecule has 5 heteroatoms. The van der Waals surface area contributed by atoms with E-state index in [-0.39, 0.29) is 11.1 Å². The third-order valence-corrected chi connectivity index (χ3v) is 3.71. The number of amides is 1. The third-order valence-electron chi connectivity index (χ3n) is 3.42. The molecule has 112 valence electrons. The van der Waals surface area contributed by atoms with Gasteiger partial charge in [-0.2, -0.15) is 0 Å². The number of halogens is 1. The minimum Gasteiger partial charge on any atom is -0.452 e. The molecule has 1 amide bonds. The molecule has 1 aromatic heterocycles. The van der Waals surface area contributed by atoms with Gasteiger partial charge >= 0.3 is 0 Å². The monoisotopic (exact) mass is 306 g/mol. The highest BCUT2D eigenvalue weighted by Gasteiger charge is 2.15. The predicted octanol–water partition coefficient (Wildman–Crippen LogP) is 4.03. The first-order valence-electron chi connectivity index (χ1n) is 7.00. The van der Waals surface area contributed by atoms with Crippen molar-refractivity contribution >= 4 is 23.2 Å². The van der Waals surface area contributed by atoms with Crippen LogP contribution in [0.15, 0.2) is 41.0 Å². The van der Waals surface area contributed by atoms with E-state index >= 15 is 0 Å². The number of nitrogens with zero attached hydrogens (tertiary/aromatic N) is 1. The molecule has 0 spiro atoms. The second kappa shape index (κ2) is 7.29. The molecule has 0 aliphatic rings. The predicted molar refractivity (Wildman–Crippen MR) is 84.7 cm³/mol. The Morgan fingerprint density at radius 3 is 2.57 bits per heavy atom. The smallest absolute Gasteiger partial charge is 0.260 e. The average molecular weight is 307 g/mol. The minimum atomic E-state index is -0.263. The summed E-state index contributed by atoms with van der Waals surface area (Å²) in [4.78, 5) is 14.5. The molecule has 0 bridgehead atoms. The molecule has 0 saturated carbocycles. The Kier molecular flexibility index (Phi) is 5.42. The lowest BCUT2D eigenvalue weighted by Crippen LogP contribution is -2.23. The van der Waals surface area contributed by atoms with Crippen LogP contribution in [0.1, 0.15) is 29.8 Å². The summed E-state index contributed by atoms with van der Waals surface area (Å²) in [5, 5.41) is 3.00. The maximum Gasteiger partial charge on any atom is 0.260 e. The zero-order valence-corrected chi connectivity index (χ0v) is 13.0. The Balaban J connectivity index is 2.17. The van der Waals surface area contributed by atoms with Gasteiger partial charge in [-0.05, 0) is 42.4 Å². The van der Waals surface area contributed by atoms with Gasteiger partial charge in [0.15, 0.2) is 0 Å². The van der Waals surface area contributed by atoms with E-state index in [4.69, 9.17) is 16.0 Å². The van der Waals surface area contributed by atoms with E-state index < -0.39 is 0 Å². The number of anilines is 1. The Morgan fingerprint density at radius 2 is 1.95 bits per heavy atom. The number of benzene rings is 1. The van der Waals surface area contributed by atoms with Crippen LogP contribution in [0.2, 0.25) is 5.22 Å². The number of carbonyl (C=O) groups excluding carboxylic acids is 1. The molecule has 4 nitrogen and oxygen atoms in total. The van der Waals surface area contributed by atoms with Crippen molar-refractivity contribution in [3.8, 4) is 0 Å². The van der Waals surface area contributed by atoms with Crippen molar-refractivity contribution in [3.05, 3.63) is 52.9 Å². The summed E-state index contributed by atoms with van der Waals surface area (Å²) in [6.45, 7) is 6.97. The van der Waals surface area contributed by atoms with Crippen LogP contribution in [0.3, 0.4) is 0 Å². The highest BCUT2D eigenvalue weighted by atomic mass is 35.5. The largest absolute Gasteiger partial charge is 0.452 e. The molecule has 0 aliphatic heterocycles. The van der Waals surface area contributed by atoms with Gasteiger partial charge in [0.25, 0.3) is 5.91 Å². The SMILES string of the molecule is CCN(CC)Cc1ccccc1NC(=O)c1ccoc1Cl. The number of carbonyl (C=O) groups is 1. The summed E-state index contributed by atoms with van der Waals surface area (Å²) in [6, 6.07) is 9.35. The highest BCUT2D eigenvalue weighted by Crippen LogP contribution is 2.21. The van der Waals surface area contributed by atoms with Crippen molar-refractivity contribution in [2.24, 2.45) is 0 Å². The molecule has 0 radical (unpaired) electrons. The zero-order valence-electron chi connectivity index (χ0n) is 12.2. The van der Waals surface area contributed by atoms with Crippen molar-refractivity contribution < 1.29 is 9.21 Å². The number of hydrogen-bond acceptors (Lipinski definition) is 3. The number of rotatable bonds is 6. The fourth-order valence-corrected chi connectivity index (χ4v) is 2.31. The first kappa shape index (κ1) is 15.6. The van der Waals surface area contributed by atoms with Gasteiger partial charge in [-0.25, -0.2) is 0 Å². The molecular weight excluding hydrogens is 288 g/mol. The van der Waals surface area contributed by atoms with Crippen LogP contribution in [0.5, 0.6) is 0 Å². The lowest BCUT2D eigenvalue weighted by molar-refractivity contribution is 0.102. The molecule has 2 rings (SSSR count). The van der Waals surface area contributed by atoms with Crippen LogP contribution in [-0.2, 0) is 6.54 Å². The molecule has 0 atom stereocenters. The number of hydrogen-bond donors (Lipinski definition) is 1. The van der Waals surface area contributed by atoms with Gasteiger partial charge in [-0.3, -0.25) is 9.69 Å². The lowest BCUT2D eigenvalue weighted by Gasteiger charge is -2.20. The average Bonchev–Trinajstić information content (AvgIpc) is 2.92. The van der Waals surface area contributed by atoms with Crippen LogP contribution in [-0.4, -0.2) is 23.9 Å². The maximum atomic E-state index is 12.2. The Labute approximate surface area is 129 Å². The van der Waals surface area contributed by atoms with Crippen LogP contribution in [0, 0.1) is 0 Å². The quantitative estimate of drug-likeness (QED) is 0.876. The van der Waals surface area contributed by atoms with Crippen LogP contribution in [0.4, 0.5) is 5.69 Å². The summed E-state index contributed by atoms with van der Waals surface area (Å²) < 4.78 is 4.95. The Morgan fingerprint density at radius 1 is 1.24 bits per heavy atom. The molecule has 0 saturated heterocycles. The fraction of sp³-hybridized carbons (Fsp3) is 0.312.